The fourth-order valence-electron chi connectivity index (χ4n) is 3.89. The minimum Gasteiger partial charge on any atom is -0.0776 e. The Morgan fingerprint density at radius 3 is 1.83 bits per heavy atom. The van der Waals surface area contributed by atoms with Crippen LogP contribution in [0.15, 0.2) is 48.5 Å². The van der Waals surface area contributed by atoms with Crippen LogP contribution in [0, 0.1) is 12.8 Å². The molecule has 0 aliphatic heterocycles. The van der Waals surface area contributed by atoms with E-state index in [2.05, 4.69) is 62.4 Å². The fraction of sp³-hybridized carbons (Fsp3) is 0.478. The van der Waals surface area contributed by atoms with Crippen molar-refractivity contribution in [3.05, 3.63) is 59.7 Å². The van der Waals surface area contributed by atoms with Gasteiger partial charge in [-0.25, -0.2) is 0 Å². The van der Waals surface area contributed by atoms with Crippen LogP contribution in [0.1, 0.15) is 69.9 Å². The van der Waals surface area contributed by atoms with Crippen LogP contribution in [0.5, 0.6) is 0 Å². The van der Waals surface area contributed by atoms with Crippen LogP contribution in [-0.2, 0) is 0 Å². The van der Waals surface area contributed by atoms with Gasteiger partial charge in [-0.3, -0.25) is 0 Å². The third-order valence-electron chi connectivity index (χ3n) is 5.31. The molecular weight excluding hydrogens is 276 g/mol. The van der Waals surface area contributed by atoms with E-state index in [4.69, 9.17) is 0 Å². The molecule has 1 saturated carbocycles. The molecule has 3 rings (SSSR count). The molecule has 23 heavy (non-hydrogen) atoms. The molecule has 124 valence electrons. The topological polar surface area (TPSA) is 0 Å². The summed E-state index contributed by atoms with van der Waals surface area (Å²) in [5.74, 6) is 1.79. The third kappa shape index (κ3) is 4.47. The Bertz CT molecular complexity index is 568. The van der Waals surface area contributed by atoms with Crippen LogP contribution in [0.2, 0.25) is 0 Å². The molecule has 0 aromatic heterocycles. The fourth-order valence-corrected chi connectivity index (χ4v) is 3.89. The molecule has 1 aliphatic rings. The van der Waals surface area contributed by atoms with Crippen molar-refractivity contribution in [2.75, 3.05) is 0 Å². The van der Waals surface area contributed by atoms with E-state index in [0.29, 0.717) is 0 Å². The number of hydrogen-bond donors (Lipinski definition) is 0. The summed E-state index contributed by atoms with van der Waals surface area (Å²) in [5, 5.41) is 0. The predicted octanol–water partition coefficient (Wildman–Crippen LogP) is 7.37. The zero-order valence-electron chi connectivity index (χ0n) is 14.0. The second kappa shape index (κ2) is 8.34. The summed E-state index contributed by atoms with van der Waals surface area (Å²) in [6.45, 7) is 4.46. The van der Waals surface area contributed by atoms with E-state index in [1.165, 1.54) is 55.2 Å². The lowest BCUT2D eigenvalue weighted by Gasteiger charge is -2.28. The first-order valence-electron chi connectivity index (χ1n) is 8.93. The van der Waals surface area contributed by atoms with Gasteiger partial charge in [0.2, 0.25) is 0 Å². The van der Waals surface area contributed by atoms with Crippen molar-refractivity contribution in [3.8, 4) is 11.1 Å². The second-order valence-corrected chi connectivity index (χ2v) is 6.99. The molecule has 0 bridgehead atoms. The molecule has 0 heterocycles. The molecular formula is C23H32. The van der Waals surface area contributed by atoms with E-state index in [1.54, 1.807) is 5.56 Å². The summed E-state index contributed by atoms with van der Waals surface area (Å²) < 4.78 is 0. The van der Waals surface area contributed by atoms with Gasteiger partial charge in [0, 0.05) is 0 Å². The Labute approximate surface area is 143 Å². The number of rotatable bonds is 4. The van der Waals surface area contributed by atoms with Crippen LogP contribution in [-0.4, -0.2) is 0 Å². The molecule has 1 fully saturated rings. The van der Waals surface area contributed by atoms with E-state index in [-0.39, 0.29) is 7.43 Å². The molecule has 1 aliphatic carbocycles. The molecule has 0 nitrogen and oxygen atoms in total. The Kier molecular flexibility index (Phi) is 6.45. The standard InChI is InChI=1S/C22H28.CH4/c1-3-4-18-7-11-20(12-8-18)22-15-13-21(14-16-22)19-9-5-17(2)6-10-19;/h5-6,9-10,13-16,18,20H,3-4,7-8,11-12H2,1-2H3;1H4. The Hall–Kier alpha value is -1.56. The monoisotopic (exact) mass is 308 g/mol. The summed E-state index contributed by atoms with van der Waals surface area (Å²) in [6, 6.07) is 18.2. The minimum absolute atomic E-state index is 0. The lowest BCUT2D eigenvalue weighted by Crippen LogP contribution is -2.13. The van der Waals surface area contributed by atoms with E-state index in [0.717, 1.165) is 11.8 Å². The Morgan fingerprint density at radius 1 is 0.783 bits per heavy atom. The highest BCUT2D eigenvalue weighted by Crippen LogP contribution is 2.37. The highest BCUT2D eigenvalue weighted by Gasteiger charge is 2.21. The van der Waals surface area contributed by atoms with Gasteiger partial charge in [-0.2, -0.15) is 0 Å². The van der Waals surface area contributed by atoms with Crippen LogP contribution < -0.4 is 0 Å². The van der Waals surface area contributed by atoms with Gasteiger partial charge in [-0.15, -0.1) is 0 Å². The largest absolute Gasteiger partial charge is 0.0776 e. The quantitative estimate of drug-likeness (QED) is 0.553. The highest BCUT2D eigenvalue weighted by molar-refractivity contribution is 5.64. The molecule has 0 N–H and O–H groups in total. The van der Waals surface area contributed by atoms with Crippen LogP contribution >= 0.6 is 0 Å². The first kappa shape index (κ1) is 17.8. The maximum Gasteiger partial charge on any atom is -0.0162 e. The zero-order valence-corrected chi connectivity index (χ0v) is 14.0. The predicted molar refractivity (Wildman–Crippen MR) is 103 cm³/mol. The Balaban J connectivity index is 0.00000192. The van der Waals surface area contributed by atoms with Crippen molar-refractivity contribution in [1.29, 1.82) is 0 Å². The highest BCUT2D eigenvalue weighted by atomic mass is 14.3. The smallest absolute Gasteiger partial charge is 0.0162 e. The van der Waals surface area contributed by atoms with Crippen molar-refractivity contribution >= 4 is 0 Å². The van der Waals surface area contributed by atoms with E-state index in [9.17, 15) is 0 Å². The van der Waals surface area contributed by atoms with Crippen molar-refractivity contribution < 1.29 is 0 Å². The molecule has 0 heteroatoms. The van der Waals surface area contributed by atoms with Crippen molar-refractivity contribution in [3.63, 3.8) is 0 Å². The normalized spacial score (nSPS) is 20.8. The first-order valence-corrected chi connectivity index (χ1v) is 8.93. The number of benzene rings is 2. The maximum atomic E-state index is 2.36. The van der Waals surface area contributed by atoms with Gasteiger partial charge in [0.25, 0.3) is 0 Å². The average molecular weight is 309 g/mol. The summed E-state index contributed by atoms with van der Waals surface area (Å²) in [5.41, 5.74) is 5.53. The molecule has 0 atom stereocenters. The van der Waals surface area contributed by atoms with Crippen molar-refractivity contribution in [2.45, 2.75) is 65.7 Å². The molecule has 0 saturated heterocycles. The molecule has 2 aromatic carbocycles. The van der Waals surface area contributed by atoms with Gasteiger partial charge in [-0.1, -0.05) is 81.3 Å². The lowest BCUT2D eigenvalue weighted by atomic mass is 9.77. The van der Waals surface area contributed by atoms with Gasteiger partial charge in [0.1, 0.15) is 0 Å². The number of aryl methyl sites for hydroxylation is 1. The summed E-state index contributed by atoms with van der Waals surface area (Å²) >= 11 is 0. The number of hydrogen-bond acceptors (Lipinski definition) is 0. The Morgan fingerprint density at radius 2 is 1.30 bits per heavy atom. The minimum atomic E-state index is 0. The summed E-state index contributed by atoms with van der Waals surface area (Å²) in [4.78, 5) is 0. The first-order chi connectivity index (χ1) is 10.8. The third-order valence-corrected chi connectivity index (χ3v) is 5.31. The SMILES string of the molecule is C.CCCC1CCC(c2ccc(-c3ccc(C)cc3)cc2)CC1. The zero-order chi connectivity index (χ0) is 15.4. The van der Waals surface area contributed by atoms with E-state index < -0.39 is 0 Å². The van der Waals surface area contributed by atoms with Crippen molar-refractivity contribution in [2.24, 2.45) is 5.92 Å². The molecule has 0 amide bonds. The van der Waals surface area contributed by atoms with Gasteiger partial charge in [0.15, 0.2) is 0 Å². The van der Waals surface area contributed by atoms with E-state index >= 15 is 0 Å². The summed E-state index contributed by atoms with van der Waals surface area (Å²) in [7, 11) is 0. The van der Waals surface area contributed by atoms with Gasteiger partial charge in [-0.05, 0) is 61.1 Å². The van der Waals surface area contributed by atoms with Crippen LogP contribution in [0.25, 0.3) is 11.1 Å². The molecule has 2 aromatic rings. The van der Waals surface area contributed by atoms with Crippen molar-refractivity contribution in [1.82, 2.24) is 0 Å². The second-order valence-electron chi connectivity index (χ2n) is 6.99. The lowest BCUT2D eigenvalue weighted by molar-refractivity contribution is 0.308. The summed E-state index contributed by atoms with van der Waals surface area (Å²) in [6.07, 6.45) is 8.40. The maximum absolute atomic E-state index is 2.36. The molecule has 0 spiro atoms. The van der Waals surface area contributed by atoms with E-state index in [1.807, 2.05) is 0 Å². The van der Waals surface area contributed by atoms with Gasteiger partial charge >= 0.3 is 0 Å². The average Bonchev–Trinajstić information content (AvgIpc) is 2.57. The van der Waals surface area contributed by atoms with Crippen LogP contribution in [0.4, 0.5) is 0 Å². The molecule has 0 unspecified atom stereocenters. The van der Waals surface area contributed by atoms with Gasteiger partial charge < -0.3 is 0 Å². The van der Waals surface area contributed by atoms with Crippen LogP contribution in [0.3, 0.4) is 0 Å². The van der Waals surface area contributed by atoms with Gasteiger partial charge in [0.05, 0.1) is 0 Å². The molecule has 0 radical (unpaired) electrons.